The molecule has 0 saturated heterocycles. The second kappa shape index (κ2) is 7.72. The Kier molecular flexibility index (Phi) is 5.35. The van der Waals surface area contributed by atoms with E-state index in [1.807, 2.05) is 55.9 Å². The summed E-state index contributed by atoms with van der Waals surface area (Å²) < 4.78 is 9.23. The zero-order chi connectivity index (χ0) is 20.4. The molecule has 0 spiro atoms. The summed E-state index contributed by atoms with van der Waals surface area (Å²) in [5.41, 5.74) is 2.70. The summed E-state index contributed by atoms with van der Waals surface area (Å²) >= 11 is 0. The molecule has 1 N–H and O–H groups in total. The number of hydrogen-bond acceptors (Lipinski definition) is 4. The summed E-state index contributed by atoms with van der Waals surface area (Å²) in [4.78, 5) is 22.7. The highest BCUT2D eigenvalue weighted by molar-refractivity contribution is 5.93. The lowest BCUT2D eigenvalue weighted by atomic mass is 10.1. The van der Waals surface area contributed by atoms with E-state index in [9.17, 15) is 14.7 Å². The predicted octanol–water partition coefficient (Wildman–Crippen LogP) is 3.52. The fourth-order valence-electron chi connectivity index (χ4n) is 3.17. The van der Waals surface area contributed by atoms with Crippen LogP contribution in [-0.4, -0.2) is 37.8 Å². The van der Waals surface area contributed by atoms with Crippen molar-refractivity contribution >= 4 is 28.7 Å². The number of aryl methyl sites for hydroxylation is 2. The molecule has 0 saturated carbocycles. The van der Waals surface area contributed by atoms with Crippen molar-refractivity contribution in [2.45, 2.75) is 27.2 Å². The minimum atomic E-state index is -0.936. The lowest BCUT2D eigenvalue weighted by Crippen LogP contribution is -2.07. The molecular weight excluding hydrogens is 358 g/mol. The van der Waals surface area contributed by atoms with E-state index in [-0.39, 0.29) is 12.4 Å². The highest BCUT2D eigenvalue weighted by atomic mass is 16.5. The highest BCUT2D eigenvalue weighted by Crippen LogP contribution is 2.29. The first-order valence-corrected chi connectivity index (χ1v) is 9.03. The van der Waals surface area contributed by atoms with Crippen molar-refractivity contribution in [3.8, 4) is 11.6 Å². The van der Waals surface area contributed by atoms with Crippen LogP contribution in [0.3, 0.4) is 0 Å². The fraction of sp³-hybridized carbons (Fsp3) is 0.286. The first-order valence-electron chi connectivity index (χ1n) is 9.03. The van der Waals surface area contributed by atoms with Crippen LogP contribution >= 0.6 is 0 Å². The van der Waals surface area contributed by atoms with E-state index in [4.69, 9.17) is 4.74 Å². The van der Waals surface area contributed by atoms with E-state index in [0.29, 0.717) is 17.7 Å². The van der Waals surface area contributed by atoms with E-state index in [1.165, 1.54) is 6.92 Å². The van der Waals surface area contributed by atoms with Gasteiger partial charge in [0.25, 0.3) is 0 Å². The first kappa shape index (κ1) is 19.4. The lowest BCUT2D eigenvalue weighted by Gasteiger charge is -2.10. The molecule has 7 nitrogen and oxygen atoms in total. The van der Waals surface area contributed by atoms with Gasteiger partial charge in [-0.25, -0.2) is 4.79 Å². The number of ketones is 1. The number of aliphatic carboxylic acids is 1. The van der Waals surface area contributed by atoms with Gasteiger partial charge in [0.05, 0.1) is 11.2 Å². The summed E-state index contributed by atoms with van der Waals surface area (Å²) in [6.07, 6.45) is 4.01. The molecule has 0 amide bonds. The SMILES string of the molecule is CCC(=Cc1c(C)nn(C)c1-n1ccc2ccc(OCC(C)=O)cc21)C(=O)O. The summed E-state index contributed by atoms with van der Waals surface area (Å²) in [6.45, 7) is 5.17. The Morgan fingerprint density at radius 2 is 2.04 bits per heavy atom. The van der Waals surface area contributed by atoms with Gasteiger partial charge < -0.3 is 14.4 Å². The third-order valence-electron chi connectivity index (χ3n) is 4.55. The van der Waals surface area contributed by atoms with Gasteiger partial charge in [-0.05, 0) is 44.5 Å². The van der Waals surface area contributed by atoms with Gasteiger partial charge in [-0.15, -0.1) is 0 Å². The van der Waals surface area contributed by atoms with Gasteiger partial charge in [-0.1, -0.05) is 6.92 Å². The Bertz CT molecular complexity index is 1090. The van der Waals surface area contributed by atoms with Gasteiger partial charge in [0.2, 0.25) is 0 Å². The van der Waals surface area contributed by atoms with Gasteiger partial charge >= 0.3 is 5.97 Å². The third kappa shape index (κ3) is 3.69. The average molecular weight is 381 g/mol. The lowest BCUT2D eigenvalue weighted by molar-refractivity contribution is -0.132. The summed E-state index contributed by atoms with van der Waals surface area (Å²) in [5, 5.41) is 14.9. The van der Waals surface area contributed by atoms with E-state index < -0.39 is 5.97 Å². The van der Waals surface area contributed by atoms with Crippen LogP contribution in [0, 0.1) is 6.92 Å². The number of nitrogens with zero attached hydrogens (tertiary/aromatic N) is 3. The number of hydrogen-bond donors (Lipinski definition) is 1. The van der Waals surface area contributed by atoms with Crippen molar-refractivity contribution < 1.29 is 19.4 Å². The second-order valence-electron chi connectivity index (χ2n) is 6.67. The largest absolute Gasteiger partial charge is 0.486 e. The molecule has 0 radical (unpaired) electrons. The Balaban J connectivity index is 2.16. The second-order valence-corrected chi connectivity index (χ2v) is 6.67. The van der Waals surface area contributed by atoms with Gasteiger partial charge in [-0.2, -0.15) is 5.10 Å². The maximum absolute atomic E-state index is 11.5. The smallest absolute Gasteiger partial charge is 0.331 e. The summed E-state index contributed by atoms with van der Waals surface area (Å²) in [7, 11) is 1.83. The topological polar surface area (TPSA) is 86.4 Å². The van der Waals surface area contributed by atoms with Crippen LogP contribution in [0.2, 0.25) is 0 Å². The number of rotatable bonds is 7. The molecule has 2 heterocycles. The van der Waals surface area contributed by atoms with Crippen molar-refractivity contribution in [3.63, 3.8) is 0 Å². The summed E-state index contributed by atoms with van der Waals surface area (Å²) in [5.74, 6) is 0.377. The zero-order valence-electron chi connectivity index (χ0n) is 16.4. The van der Waals surface area contributed by atoms with Crippen molar-refractivity contribution in [2.24, 2.45) is 7.05 Å². The Morgan fingerprint density at radius 1 is 1.29 bits per heavy atom. The third-order valence-corrected chi connectivity index (χ3v) is 4.55. The van der Waals surface area contributed by atoms with E-state index in [0.717, 1.165) is 28.0 Å². The van der Waals surface area contributed by atoms with Crippen LogP contribution in [0.4, 0.5) is 0 Å². The van der Waals surface area contributed by atoms with Crippen molar-refractivity contribution in [1.82, 2.24) is 14.3 Å². The molecule has 0 aliphatic carbocycles. The predicted molar refractivity (Wildman–Crippen MR) is 107 cm³/mol. The number of ether oxygens (including phenoxy) is 1. The maximum atomic E-state index is 11.5. The molecule has 0 bridgehead atoms. The van der Waals surface area contributed by atoms with Crippen molar-refractivity contribution in [2.75, 3.05) is 6.61 Å². The standard InChI is InChI=1S/C21H23N3O4/c1-5-15(21(26)27)10-18-14(3)22-23(4)20(18)24-9-8-16-6-7-17(11-19(16)24)28-12-13(2)25/h6-11H,5,12H2,1-4H3,(H,26,27). The molecule has 28 heavy (non-hydrogen) atoms. The monoisotopic (exact) mass is 381 g/mol. The molecule has 0 atom stereocenters. The molecule has 3 rings (SSSR count). The van der Waals surface area contributed by atoms with Crippen LogP contribution < -0.4 is 4.74 Å². The number of aromatic nitrogens is 3. The van der Waals surface area contributed by atoms with Crippen molar-refractivity contribution in [1.29, 1.82) is 0 Å². The van der Waals surface area contributed by atoms with Crippen LogP contribution in [0.1, 0.15) is 31.5 Å². The van der Waals surface area contributed by atoms with E-state index in [2.05, 4.69) is 5.10 Å². The average Bonchev–Trinajstić information content (AvgIpc) is 3.16. The summed E-state index contributed by atoms with van der Waals surface area (Å²) in [6, 6.07) is 7.59. The maximum Gasteiger partial charge on any atom is 0.331 e. The highest BCUT2D eigenvalue weighted by Gasteiger charge is 2.17. The Hall–Kier alpha value is -3.35. The molecule has 0 aliphatic heterocycles. The number of carboxylic acids is 1. The molecule has 2 aromatic heterocycles. The van der Waals surface area contributed by atoms with Gasteiger partial charge in [0, 0.05) is 35.8 Å². The first-order chi connectivity index (χ1) is 13.3. The van der Waals surface area contributed by atoms with Crippen LogP contribution in [-0.2, 0) is 16.6 Å². The minimum absolute atomic E-state index is 0.0174. The molecule has 1 aromatic carbocycles. The van der Waals surface area contributed by atoms with Gasteiger partial charge in [0.15, 0.2) is 5.78 Å². The zero-order valence-corrected chi connectivity index (χ0v) is 16.4. The number of fused-ring (bicyclic) bond motifs is 1. The van der Waals surface area contributed by atoms with Crippen LogP contribution in [0.25, 0.3) is 22.8 Å². The number of carboxylic acid groups (broad SMARTS) is 1. The normalized spacial score (nSPS) is 11.8. The van der Waals surface area contributed by atoms with Gasteiger partial charge in [-0.3, -0.25) is 9.48 Å². The van der Waals surface area contributed by atoms with Gasteiger partial charge in [0.1, 0.15) is 18.2 Å². The molecular formula is C21H23N3O4. The molecule has 0 fully saturated rings. The van der Waals surface area contributed by atoms with Crippen molar-refractivity contribution in [3.05, 3.63) is 47.3 Å². The Morgan fingerprint density at radius 3 is 2.68 bits per heavy atom. The molecule has 0 unspecified atom stereocenters. The molecule has 146 valence electrons. The molecule has 3 aromatic rings. The number of carbonyl (C=O) groups excluding carboxylic acids is 1. The van der Waals surface area contributed by atoms with E-state index in [1.54, 1.807) is 10.8 Å². The molecule has 7 heteroatoms. The number of Topliss-reactive ketones (excluding diaryl/α,β-unsaturated/α-hetero) is 1. The minimum Gasteiger partial charge on any atom is -0.486 e. The van der Waals surface area contributed by atoms with Crippen LogP contribution in [0.5, 0.6) is 5.75 Å². The number of carbonyl (C=O) groups is 2. The number of benzene rings is 1. The van der Waals surface area contributed by atoms with Crippen LogP contribution in [0.15, 0.2) is 36.0 Å². The quantitative estimate of drug-likeness (QED) is 0.633. The molecule has 0 aliphatic rings. The fourth-order valence-corrected chi connectivity index (χ4v) is 3.17. The Labute approximate surface area is 162 Å². The van der Waals surface area contributed by atoms with E-state index >= 15 is 0 Å².